The average molecular weight is 265 g/mol. The van der Waals surface area contributed by atoms with E-state index in [0.717, 1.165) is 15.4 Å². The maximum absolute atomic E-state index is 10.3. The van der Waals surface area contributed by atoms with Crippen LogP contribution in [-0.2, 0) is 4.79 Å². The maximum Gasteiger partial charge on any atom is 0.382 e. The van der Waals surface area contributed by atoms with E-state index in [2.05, 4.69) is 37.7 Å². The van der Waals surface area contributed by atoms with Crippen LogP contribution in [0.5, 0.6) is 0 Å². The van der Waals surface area contributed by atoms with Gasteiger partial charge >= 0.3 is 5.97 Å². The summed E-state index contributed by atoms with van der Waals surface area (Å²) in [5, 5.41) is 9.29. The number of rotatable bonds is 0. The van der Waals surface area contributed by atoms with Crippen molar-refractivity contribution in [3.8, 4) is 11.8 Å². The molecular formula is C10H5BrN2O2. The first kappa shape index (κ1) is 9.74. The van der Waals surface area contributed by atoms with Gasteiger partial charge in [-0.05, 0) is 15.9 Å². The quantitative estimate of drug-likeness (QED) is 0.713. The minimum Gasteiger partial charge on any atom is -0.472 e. The molecule has 2 aromatic rings. The number of fused-ring (bicyclic) bond motifs is 1. The predicted molar refractivity (Wildman–Crippen MR) is 58.3 cm³/mol. The molecule has 0 aliphatic rings. The van der Waals surface area contributed by atoms with Crippen molar-refractivity contribution < 1.29 is 9.90 Å². The average Bonchev–Trinajstić information content (AvgIpc) is 2.59. The maximum atomic E-state index is 10.3. The van der Waals surface area contributed by atoms with Gasteiger partial charge in [0.2, 0.25) is 0 Å². The number of nitrogens with zero attached hydrogens (tertiary/aromatic N) is 1. The number of carboxylic acid groups (broad SMARTS) is 1. The molecule has 0 atom stereocenters. The van der Waals surface area contributed by atoms with Crippen LogP contribution >= 0.6 is 15.9 Å². The number of H-pyrrole nitrogens is 1. The molecule has 0 saturated heterocycles. The summed E-state index contributed by atoms with van der Waals surface area (Å²) in [4.78, 5) is 17.3. The van der Waals surface area contributed by atoms with Gasteiger partial charge in [0.1, 0.15) is 0 Å². The van der Waals surface area contributed by atoms with E-state index in [-0.39, 0.29) is 0 Å². The van der Waals surface area contributed by atoms with Gasteiger partial charge in [0.25, 0.3) is 0 Å². The van der Waals surface area contributed by atoms with Crippen LogP contribution in [0.4, 0.5) is 0 Å². The second kappa shape index (κ2) is 3.75. The molecule has 5 heteroatoms. The lowest BCUT2D eigenvalue weighted by Crippen LogP contribution is -1.86. The molecule has 2 heterocycles. The molecule has 74 valence electrons. The summed E-state index contributed by atoms with van der Waals surface area (Å²) in [7, 11) is 0. The number of halogens is 1. The van der Waals surface area contributed by atoms with Crippen LogP contribution in [0.3, 0.4) is 0 Å². The number of carbonyl (C=O) groups is 1. The molecule has 0 aliphatic carbocycles. The minimum atomic E-state index is -1.14. The predicted octanol–water partition coefficient (Wildman–Crippen LogP) is 1.76. The highest BCUT2D eigenvalue weighted by molar-refractivity contribution is 9.10. The molecule has 0 spiro atoms. The lowest BCUT2D eigenvalue weighted by atomic mass is 10.2. The number of aliphatic carboxylic acids is 1. The first-order valence-electron chi connectivity index (χ1n) is 4.04. The lowest BCUT2D eigenvalue weighted by Gasteiger charge is -1.92. The van der Waals surface area contributed by atoms with E-state index in [9.17, 15) is 4.79 Å². The molecule has 0 amide bonds. The second-order valence-electron chi connectivity index (χ2n) is 2.80. The van der Waals surface area contributed by atoms with Crippen LogP contribution in [0.1, 0.15) is 5.56 Å². The van der Waals surface area contributed by atoms with E-state index >= 15 is 0 Å². The number of aromatic amines is 1. The standard InChI is InChI=1S/C10H5BrN2O2/c11-7-4-12-5-8-10(7)6(3-13-8)1-2-9(14)15/h3-5,13H,(H,14,15). The molecule has 0 radical (unpaired) electrons. The number of hydrogen-bond acceptors (Lipinski definition) is 2. The Morgan fingerprint density at radius 2 is 2.33 bits per heavy atom. The Hall–Kier alpha value is -1.80. The van der Waals surface area contributed by atoms with Gasteiger partial charge in [0.15, 0.2) is 0 Å². The van der Waals surface area contributed by atoms with Crippen molar-refractivity contribution in [1.82, 2.24) is 9.97 Å². The van der Waals surface area contributed by atoms with Gasteiger partial charge in [0.05, 0.1) is 17.3 Å². The van der Waals surface area contributed by atoms with Gasteiger partial charge in [-0.3, -0.25) is 4.98 Å². The third kappa shape index (κ3) is 1.85. The third-order valence-corrected chi connectivity index (χ3v) is 2.45. The van der Waals surface area contributed by atoms with Gasteiger partial charge in [-0.25, -0.2) is 4.79 Å². The zero-order valence-electron chi connectivity index (χ0n) is 7.41. The normalized spacial score (nSPS) is 9.67. The number of hydrogen-bond donors (Lipinski definition) is 2. The summed E-state index contributed by atoms with van der Waals surface area (Å²) in [6.45, 7) is 0. The van der Waals surface area contributed by atoms with Crippen LogP contribution in [0.15, 0.2) is 23.1 Å². The Kier molecular flexibility index (Phi) is 2.44. The summed E-state index contributed by atoms with van der Waals surface area (Å²) in [6, 6.07) is 0. The molecule has 0 bridgehead atoms. The van der Waals surface area contributed by atoms with E-state index in [1.54, 1.807) is 18.6 Å². The van der Waals surface area contributed by atoms with Crippen molar-refractivity contribution in [1.29, 1.82) is 0 Å². The summed E-state index contributed by atoms with van der Waals surface area (Å²) in [5.41, 5.74) is 1.46. The molecule has 0 unspecified atom stereocenters. The summed E-state index contributed by atoms with van der Waals surface area (Å²) < 4.78 is 0.788. The van der Waals surface area contributed by atoms with E-state index in [0.29, 0.717) is 5.56 Å². The van der Waals surface area contributed by atoms with Crippen molar-refractivity contribution >= 4 is 32.8 Å². The molecule has 0 aromatic carbocycles. The Morgan fingerprint density at radius 1 is 1.53 bits per heavy atom. The van der Waals surface area contributed by atoms with Gasteiger partial charge in [-0.15, -0.1) is 0 Å². The Bertz CT molecular complexity index is 592. The van der Waals surface area contributed by atoms with Gasteiger partial charge in [0, 0.05) is 28.2 Å². The monoisotopic (exact) mass is 264 g/mol. The van der Waals surface area contributed by atoms with Crippen LogP contribution in [-0.4, -0.2) is 21.0 Å². The van der Waals surface area contributed by atoms with Gasteiger partial charge in [-0.2, -0.15) is 0 Å². The smallest absolute Gasteiger partial charge is 0.382 e. The fourth-order valence-corrected chi connectivity index (χ4v) is 1.81. The third-order valence-electron chi connectivity index (χ3n) is 1.85. The molecule has 2 rings (SSSR count). The molecular weight excluding hydrogens is 260 g/mol. The SMILES string of the molecule is O=C(O)C#Cc1c[nH]c2cncc(Br)c12. The molecule has 2 aromatic heterocycles. The van der Waals surface area contributed by atoms with Gasteiger partial charge in [-0.1, -0.05) is 5.92 Å². The highest BCUT2D eigenvalue weighted by Crippen LogP contribution is 2.24. The number of nitrogens with one attached hydrogen (secondary N) is 1. The molecule has 0 aliphatic heterocycles. The molecule has 4 nitrogen and oxygen atoms in total. The lowest BCUT2D eigenvalue weighted by molar-refractivity contribution is -0.130. The molecule has 2 N–H and O–H groups in total. The minimum absolute atomic E-state index is 0.640. The van der Waals surface area contributed by atoms with Gasteiger partial charge < -0.3 is 10.1 Å². The molecule has 0 saturated carbocycles. The highest BCUT2D eigenvalue weighted by atomic mass is 79.9. The first-order valence-corrected chi connectivity index (χ1v) is 4.83. The summed E-state index contributed by atoms with van der Waals surface area (Å²) >= 11 is 3.34. The number of pyridine rings is 1. The topological polar surface area (TPSA) is 66.0 Å². The van der Waals surface area contributed by atoms with E-state index in [4.69, 9.17) is 5.11 Å². The van der Waals surface area contributed by atoms with Crippen molar-refractivity contribution in [3.63, 3.8) is 0 Å². The van der Waals surface area contributed by atoms with E-state index < -0.39 is 5.97 Å². The highest BCUT2D eigenvalue weighted by Gasteiger charge is 2.05. The Morgan fingerprint density at radius 3 is 3.07 bits per heavy atom. The van der Waals surface area contributed by atoms with Crippen molar-refractivity contribution in [3.05, 3.63) is 28.6 Å². The zero-order valence-corrected chi connectivity index (χ0v) is 9.00. The van der Waals surface area contributed by atoms with Crippen molar-refractivity contribution in [2.45, 2.75) is 0 Å². The largest absolute Gasteiger partial charge is 0.472 e. The fourth-order valence-electron chi connectivity index (χ4n) is 1.26. The van der Waals surface area contributed by atoms with Crippen molar-refractivity contribution in [2.75, 3.05) is 0 Å². The van der Waals surface area contributed by atoms with Crippen molar-refractivity contribution in [2.24, 2.45) is 0 Å². The van der Waals surface area contributed by atoms with Crippen LogP contribution in [0.2, 0.25) is 0 Å². The summed E-state index contributed by atoms with van der Waals surface area (Å²) in [6.07, 6.45) is 4.96. The van der Waals surface area contributed by atoms with E-state index in [1.807, 2.05) is 0 Å². The summed E-state index contributed by atoms with van der Waals surface area (Å²) in [5.74, 6) is 3.50. The first-order chi connectivity index (χ1) is 7.18. The molecule has 0 fully saturated rings. The Balaban J connectivity index is 2.64. The second-order valence-corrected chi connectivity index (χ2v) is 3.66. The van der Waals surface area contributed by atoms with E-state index in [1.165, 1.54) is 0 Å². The number of carboxylic acids is 1. The van der Waals surface area contributed by atoms with Crippen LogP contribution < -0.4 is 0 Å². The zero-order chi connectivity index (χ0) is 10.8. The Labute approximate surface area is 93.5 Å². The van der Waals surface area contributed by atoms with Crippen LogP contribution in [0.25, 0.3) is 10.9 Å². The number of aromatic nitrogens is 2. The van der Waals surface area contributed by atoms with Crippen LogP contribution in [0, 0.1) is 11.8 Å². The fraction of sp³-hybridized carbons (Fsp3) is 0. The molecule has 15 heavy (non-hydrogen) atoms.